The number of allylic oxidation sites excluding steroid dienone is 1. The van der Waals surface area contributed by atoms with Crippen molar-refractivity contribution in [1.29, 1.82) is 0 Å². The SMILES string of the molecule is COc1ccc(C(=O)C=Cc2ccc(Cl)cc2C)cn1. The molecule has 0 unspecified atom stereocenters. The molecule has 1 aromatic heterocycles. The standard InChI is InChI=1S/C16H14ClNO2/c1-11-9-14(17)6-3-12(11)4-7-15(19)13-5-8-16(20-2)18-10-13/h3-10H,1-2H3. The maximum Gasteiger partial charge on any atom is 0.212 e. The van der Waals surface area contributed by atoms with Crippen molar-refractivity contribution in [2.24, 2.45) is 0 Å². The van der Waals surface area contributed by atoms with E-state index in [1.165, 1.54) is 19.4 Å². The molecule has 0 spiro atoms. The quantitative estimate of drug-likeness (QED) is 0.631. The average molecular weight is 288 g/mol. The number of halogens is 1. The summed E-state index contributed by atoms with van der Waals surface area (Å²) in [7, 11) is 1.53. The Labute approximate surface area is 122 Å². The number of hydrogen-bond donors (Lipinski definition) is 0. The molecular formula is C16H14ClNO2. The summed E-state index contributed by atoms with van der Waals surface area (Å²) >= 11 is 5.89. The molecule has 20 heavy (non-hydrogen) atoms. The predicted molar refractivity (Wildman–Crippen MR) is 80.3 cm³/mol. The third-order valence-corrected chi connectivity index (χ3v) is 3.11. The van der Waals surface area contributed by atoms with Crippen molar-refractivity contribution >= 4 is 23.5 Å². The number of carbonyl (C=O) groups excluding carboxylic acids is 1. The van der Waals surface area contributed by atoms with E-state index in [9.17, 15) is 4.79 Å². The molecular weight excluding hydrogens is 274 g/mol. The third-order valence-electron chi connectivity index (χ3n) is 2.88. The summed E-state index contributed by atoms with van der Waals surface area (Å²) in [6.07, 6.45) is 4.80. The van der Waals surface area contributed by atoms with Gasteiger partial charge in [0.05, 0.1) is 7.11 Å². The number of methoxy groups -OCH3 is 1. The molecule has 4 heteroatoms. The molecule has 1 heterocycles. The minimum absolute atomic E-state index is 0.102. The molecule has 0 N–H and O–H groups in total. The summed E-state index contributed by atoms with van der Waals surface area (Å²) < 4.78 is 4.95. The van der Waals surface area contributed by atoms with Crippen LogP contribution in [0.15, 0.2) is 42.6 Å². The van der Waals surface area contributed by atoms with E-state index in [1.54, 1.807) is 24.3 Å². The molecule has 0 aliphatic heterocycles. The fourth-order valence-corrected chi connectivity index (χ4v) is 1.96. The highest BCUT2D eigenvalue weighted by Gasteiger charge is 2.03. The van der Waals surface area contributed by atoms with Crippen molar-refractivity contribution in [3.63, 3.8) is 0 Å². The minimum atomic E-state index is -0.102. The monoisotopic (exact) mass is 287 g/mol. The summed E-state index contributed by atoms with van der Waals surface area (Å²) in [6, 6.07) is 8.89. The van der Waals surface area contributed by atoms with Gasteiger partial charge in [-0.2, -0.15) is 0 Å². The summed E-state index contributed by atoms with van der Waals surface area (Å²) in [4.78, 5) is 16.0. The molecule has 0 atom stereocenters. The maximum absolute atomic E-state index is 12.0. The third kappa shape index (κ3) is 3.45. The van der Waals surface area contributed by atoms with Crippen LogP contribution in [0, 0.1) is 6.92 Å². The predicted octanol–water partition coefficient (Wildman–Crippen LogP) is 3.95. The molecule has 0 aliphatic rings. The normalized spacial score (nSPS) is 10.8. The Morgan fingerprint density at radius 1 is 1.30 bits per heavy atom. The Bertz CT molecular complexity index is 648. The molecule has 3 nitrogen and oxygen atoms in total. The first-order chi connectivity index (χ1) is 9.60. The Morgan fingerprint density at radius 3 is 2.70 bits per heavy atom. The van der Waals surface area contributed by atoms with E-state index in [-0.39, 0.29) is 5.78 Å². The van der Waals surface area contributed by atoms with Crippen LogP contribution in [0.25, 0.3) is 6.08 Å². The number of ether oxygens (including phenoxy) is 1. The van der Waals surface area contributed by atoms with Crippen molar-refractivity contribution in [3.8, 4) is 5.88 Å². The van der Waals surface area contributed by atoms with Gasteiger partial charge in [-0.25, -0.2) is 4.98 Å². The van der Waals surface area contributed by atoms with Gasteiger partial charge in [-0.05, 0) is 42.3 Å². The number of ketones is 1. The van der Waals surface area contributed by atoms with Crippen LogP contribution in [0.3, 0.4) is 0 Å². The van der Waals surface area contributed by atoms with Gasteiger partial charge in [0.1, 0.15) is 0 Å². The number of benzene rings is 1. The zero-order chi connectivity index (χ0) is 14.5. The first kappa shape index (κ1) is 14.3. The Hall–Kier alpha value is -2.13. The van der Waals surface area contributed by atoms with E-state index in [0.717, 1.165) is 11.1 Å². The van der Waals surface area contributed by atoms with Crippen LogP contribution in [-0.2, 0) is 0 Å². The molecule has 0 fully saturated rings. The topological polar surface area (TPSA) is 39.2 Å². The van der Waals surface area contributed by atoms with E-state index < -0.39 is 0 Å². The van der Waals surface area contributed by atoms with Crippen LogP contribution >= 0.6 is 11.6 Å². The van der Waals surface area contributed by atoms with Crippen molar-refractivity contribution in [3.05, 3.63) is 64.3 Å². The van der Waals surface area contributed by atoms with Gasteiger partial charge in [0.15, 0.2) is 5.78 Å². The molecule has 2 rings (SSSR count). The molecule has 2 aromatic rings. The number of aromatic nitrogens is 1. The summed E-state index contributed by atoms with van der Waals surface area (Å²) in [5, 5.41) is 0.685. The zero-order valence-electron chi connectivity index (χ0n) is 11.3. The number of aryl methyl sites for hydroxylation is 1. The molecule has 0 saturated heterocycles. The van der Waals surface area contributed by atoms with E-state index in [1.807, 2.05) is 19.1 Å². The highest BCUT2D eigenvalue weighted by atomic mass is 35.5. The molecule has 0 radical (unpaired) electrons. The van der Waals surface area contributed by atoms with E-state index >= 15 is 0 Å². The first-order valence-corrected chi connectivity index (χ1v) is 6.46. The number of pyridine rings is 1. The van der Waals surface area contributed by atoms with Crippen LogP contribution in [0.1, 0.15) is 21.5 Å². The Balaban J connectivity index is 2.15. The lowest BCUT2D eigenvalue weighted by Gasteiger charge is -2.01. The van der Waals surface area contributed by atoms with Gasteiger partial charge in [0.2, 0.25) is 5.88 Å². The second-order valence-corrected chi connectivity index (χ2v) is 4.72. The first-order valence-electron chi connectivity index (χ1n) is 6.09. The second-order valence-electron chi connectivity index (χ2n) is 4.29. The smallest absolute Gasteiger partial charge is 0.212 e. The molecule has 0 bridgehead atoms. The van der Waals surface area contributed by atoms with Crippen molar-refractivity contribution in [2.45, 2.75) is 6.92 Å². The van der Waals surface area contributed by atoms with Gasteiger partial charge >= 0.3 is 0 Å². The largest absolute Gasteiger partial charge is 0.481 e. The van der Waals surface area contributed by atoms with Crippen LogP contribution < -0.4 is 4.74 Å². The van der Waals surface area contributed by atoms with Crippen molar-refractivity contribution in [2.75, 3.05) is 7.11 Å². The average Bonchev–Trinajstić information content (AvgIpc) is 2.46. The van der Waals surface area contributed by atoms with Crippen molar-refractivity contribution < 1.29 is 9.53 Å². The fourth-order valence-electron chi connectivity index (χ4n) is 1.73. The van der Waals surface area contributed by atoms with Crippen LogP contribution in [0.5, 0.6) is 5.88 Å². The number of carbonyl (C=O) groups is 1. The van der Waals surface area contributed by atoms with Gasteiger partial charge in [-0.1, -0.05) is 23.7 Å². The minimum Gasteiger partial charge on any atom is -0.481 e. The molecule has 0 aliphatic carbocycles. The van der Waals surface area contributed by atoms with Crippen molar-refractivity contribution in [1.82, 2.24) is 4.98 Å². The van der Waals surface area contributed by atoms with E-state index in [4.69, 9.17) is 16.3 Å². The highest BCUT2D eigenvalue weighted by Crippen LogP contribution is 2.17. The lowest BCUT2D eigenvalue weighted by atomic mass is 10.1. The molecule has 0 saturated carbocycles. The Morgan fingerprint density at radius 2 is 2.10 bits per heavy atom. The second kappa shape index (κ2) is 6.35. The summed E-state index contributed by atoms with van der Waals surface area (Å²) in [5.41, 5.74) is 2.51. The highest BCUT2D eigenvalue weighted by molar-refractivity contribution is 6.30. The van der Waals surface area contributed by atoms with E-state index in [2.05, 4.69) is 4.98 Å². The lowest BCUT2D eigenvalue weighted by molar-refractivity contribution is 0.104. The van der Waals surface area contributed by atoms with Gasteiger partial charge in [-0.3, -0.25) is 4.79 Å². The summed E-state index contributed by atoms with van der Waals surface area (Å²) in [6.45, 7) is 1.95. The fraction of sp³-hybridized carbons (Fsp3) is 0.125. The summed E-state index contributed by atoms with van der Waals surface area (Å²) in [5.74, 6) is 0.383. The van der Waals surface area contributed by atoms with Gasteiger partial charge < -0.3 is 4.74 Å². The number of rotatable bonds is 4. The lowest BCUT2D eigenvalue weighted by Crippen LogP contribution is -1.96. The van der Waals surface area contributed by atoms with Crippen LogP contribution in [-0.4, -0.2) is 17.9 Å². The molecule has 102 valence electrons. The number of nitrogens with zero attached hydrogens (tertiary/aromatic N) is 1. The van der Waals surface area contributed by atoms with Crippen LogP contribution in [0.2, 0.25) is 5.02 Å². The van der Waals surface area contributed by atoms with Gasteiger partial charge in [0, 0.05) is 22.8 Å². The van der Waals surface area contributed by atoms with Gasteiger partial charge in [-0.15, -0.1) is 0 Å². The molecule has 0 amide bonds. The van der Waals surface area contributed by atoms with Gasteiger partial charge in [0.25, 0.3) is 0 Å². The van der Waals surface area contributed by atoms with E-state index in [0.29, 0.717) is 16.5 Å². The Kier molecular flexibility index (Phi) is 4.53. The molecule has 1 aromatic carbocycles. The zero-order valence-corrected chi connectivity index (χ0v) is 12.0. The van der Waals surface area contributed by atoms with Crippen LogP contribution in [0.4, 0.5) is 0 Å². The number of hydrogen-bond acceptors (Lipinski definition) is 3. The maximum atomic E-state index is 12.0.